The predicted molar refractivity (Wildman–Crippen MR) is 82.0 cm³/mol. The normalized spacial score (nSPS) is 14.3. The van der Waals surface area contributed by atoms with Crippen LogP contribution in [-0.2, 0) is 0 Å². The zero-order valence-corrected chi connectivity index (χ0v) is 12.8. The Balaban J connectivity index is 1.87. The van der Waals surface area contributed by atoms with Crippen molar-refractivity contribution in [3.8, 4) is 0 Å². The first-order valence-electron chi connectivity index (χ1n) is 6.14. The summed E-state index contributed by atoms with van der Waals surface area (Å²) in [6.07, 6.45) is 5.53. The van der Waals surface area contributed by atoms with E-state index in [0.29, 0.717) is 23.1 Å². The molecule has 0 radical (unpaired) electrons. The maximum atomic E-state index is 12.4. The van der Waals surface area contributed by atoms with Crippen molar-refractivity contribution in [3.63, 3.8) is 0 Å². The smallest absolute Gasteiger partial charge is 0.272 e. The lowest BCUT2D eigenvalue weighted by atomic mass is 10.3. The lowest BCUT2D eigenvalue weighted by Crippen LogP contribution is -2.16. The van der Waals surface area contributed by atoms with Gasteiger partial charge >= 0.3 is 0 Å². The lowest BCUT2D eigenvalue weighted by molar-refractivity contribution is 0.101. The van der Waals surface area contributed by atoms with E-state index in [2.05, 4.69) is 26.2 Å². The summed E-state index contributed by atoms with van der Waals surface area (Å²) >= 11 is 9.27. The highest BCUT2D eigenvalue weighted by molar-refractivity contribution is 9.10. The minimum atomic E-state index is -0.240. The van der Waals surface area contributed by atoms with Crippen LogP contribution in [0.15, 0.2) is 29.0 Å². The number of anilines is 2. The van der Waals surface area contributed by atoms with Gasteiger partial charge in [0.15, 0.2) is 5.15 Å². The number of nitrogen functional groups attached to an aromatic ring is 1. The van der Waals surface area contributed by atoms with Gasteiger partial charge < -0.3 is 15.6 Å². The van der Waals surface area contributed by atoms with Crippen LogP contribution >= 0.6 is 27.5 Å². The molecule has 1 fully saturated rings. The number of carbonyl (C=O) groups excluding carboxylic acids is 1. The Morgan fingerprint density at radius 2 is 2.25 bits per heavy atom. The SMILES string of the molecule is Nc1cc(C(=O)Nc2cc(Br)cnc2Cl)n(C2CC2)c1. The number of rotatable bonds is 3. The second-order valence-corrected chi connectivity index (χ2v) is 6.02. The molecule has 0 saturated heterocycles. The van der Waals surface area contributed by atoms with E-state index in [-0.39, 0.29) is 11.1 Å². The molecule has 3 rings (SSSR count). The number of amides is 1. The first-order chi connectivity index (χ1) is 9.54. The number of nitrogens with one attached hydrogen (secondary N) is 1. The Morgan fingerprint density at radius 3 is 2.95 bits per heavy atom. The summed E-state index contributed by atoms with van der Waals surface area (Å²) in [7, 11) is 0. The molecule has 1 saturated carbocycles. The van der Waals surface area contributed by atoms with E-state index >= 15 is 0 Å². The molecule has 1 aliphatic rings. The topological polar surface area (TPSA) is 72.9 Å². The Morgan fingerprint density at radius 1 is 1.50 bits per heavy atom. The highest BCUT2D eigenvalue weighted by Gasteiger charge is 2.28. The van der Waals surface area contributed by atoms with Crippen LogP contribution in [0.2, 0.25) is 5.15 Å². The molecule has 7 heteroatoms. The van der Waals surface area contributed by atoms with Crippen LogP contribution in [0.25, 0.3) is 0 Å². The van der Waals surface area contributed by atoms with Crippen molar-refractivity contribution < 1.29 is 4.79 Å². The lowest BCUT2D eigenvalue weighted by Gasteiger charge is -2.09. The number of carbonyl (C=O) groups is 1. The third-order valence-corrected chi connectivity index (χ3v) is 3.83. The van der Waals surface area contributed by atoms with Gasteiger partial charge in [-0.05, 0) is 40.9 Å². The number of halogens is 2. The van der Waals surface area contributed by atoms with E-state index in [4.69, 9.17) is 17.3 Å². The molecule has 3 N–H and O–H groups in total. The van der Waals surface area contributed by atoms with Crippen molar-refractivity contribution in [2.75, 3.05) is 11.1 Å². The monoisotopic (exact) mass is 354 g/mol. The number of aromatic nitrogens is 2. The van der Waals surface area contributed by atoms with Gasteiger partial charge in [-0.15, -0.1) is 0 Å². The highest BCUT2D eigenvalue weighted by Crippen LogP contribution is 2.37. The number of pyridine rings is 1. The average molecular weight is 356 g/mol. The molecule has 0 atom stereocenters. The second kappa shape index (κ2) is 5.10. The molecular weight excluding hydrogens is 344 g/mol. The van der Waals surface area contributed by atoms with Gasteiger partial charge in [0.05, 0.1) is 11.4 Å². The molecule has 1 aliphatic carbocycles. The van der Waals surface area contributed by atoms with Crippen molar-refractivity contribution in [1.29, 1.82) is 0 Å². The molecule has 0 aromatic carbocycles. The zero-order valence-electron chi connectivity index (χ0n) is 10.4. The van der Waals surface area contributed by atoms with E-state index in [0.717, 1.165) is 17.3 Å². The molecule has 2 heterocycles. The van der Waals surface area contributed by atoms with Crippen LogP contribution < -0.4 is 11.1 Å². The summed E-state index contributed by atoms with van der Waals surface area (Å²) in [6.45, 7) is 0. The number of hydrogen-bond donors (Lipinski definition) is 2. The van der Waals surface area contributed by atoms with Gasteiger partial charge in [-0.2, -0.15) is 0 Å². The minimum absolute atomic E-state index is 0.240. The number of nitrogens with two attached hydrogens (primary N) is 1. The second-order valence-electron chi connectivity index (χ2n) is 4.74. The van der Waals surface area contributed by atoms with Crippen LogP contribution in [-0.4, -0.2) is 15.5 Å². The van der Waals surface area contributed by atoms with Crippen molar-refractivity contribution in [2.45, 2.75) is 18.9 Å². The molecule has 0 bridgehead atoms. The molecule has 0 unspecified atom stereocenters. The summed E-state index contributed by atoms with van der Waals surface area (Å²) in [5.74, 6) is -0.240. The van der Waals surface area contributed by atoms with Crippen molar-refractivity contribution in [3.05, 3.63) is 39.8 Å². The predicted octanol–water partition coefficient (Wildman–Crippen LogP) is 3.47. The molecule has 104 valence electrons. The quantitative estimate of drug-likeness (QED) is 0.828. The van der Waals surface area contributed by atoms with Crippen molar-refractivity contribution in [1.82, 2.24) is 9.55 Å². The summed E-state index contributed by atoms with van der Waals surface area (Å²) < 4.78 is 2.67. The molecule has 2 aromatic rings. The highest BCUT2D eigenvalue weighted by atomic mass is 79.9. The third-order valence-electron chi connectivity index (χ3n) is 3.10. The van der Waals surface area contributed by atoms with Gasteiger partial charge in [-0.1, -0.05) is 11.6 Å². The van der Waals surface area contributed by atoms with Gasteiger partial charge in [0, 0.05) is 22.9 Å². The fourth-order valence-corrected chi connectivity index (χ4v) is 2.52. The maximum absolute atomic E-state index is 12.4. The summed E-state index contributed by atoms with van der Waals surface area (Å²) in [5.41, 5.74) is 7.38. The summed E-state index contributed by atoms with van der Waals surface area (Å²) in [4.78, 5) is 16.3. The van der Waals surface area contributed by atoms with E-state index in [1.165, 1.54) is 0 Å². The van der Waals surface area contributed by atoms with Gasteiger partial charge in [0.2, 0.25) is 0 Å². The third kappa shape index (κ3) is 2.66. The van der Waals surface area contributed by atoms with Crippen molar-refractivity contribution in [2.24, 2.45) is 0 Å². The molecule has 1 amide bonds. The van der Waals surface area contributed by atoms with Gasteiger partial charge in [0.25, 0.3) is 5.91 Å². The van der Waals surface area contributed by atoms with Crippen molar-refractivity contribution >= 4 is 44.8 Å². The molecule has 20 heavy (non-hydrogen) atoms. The Hall–Kier alpha value is -1.53. The molecule has 5 nitrogen and oxygen atoms in total. The Kier molecular flexibility index (Phi) is 3.43. The summed E-state index contributed by atoms with van der Waals surface area (Å²) in [6, 6.07) is 3.76. The van der Waals surface area contributed by atoms with Crippen LogP contribution in [0.4, 0.5) is 11.4 Å². The first-order valence-corrected chi connectivity index (χ1v) is 7.31. The Labute approximate surface area is 129 Å². The number of hydrogen-bond acceptors (Lipinski definition) is 3. The van der Waals surface area contributed by atoms with Crippen LogP contribution in [0, 0.1) is 0 Å². The van der Waals surface area contributed by atoms with E-state index in [9.17, 15) is 4.79 Å². The van der Waals surface area contributed by atoms with E-state index in [1.807, 2.05) is 4.57 Å². The minimum Gasteiger partial charge on any atom is -0.397 e. The number of nitrogens with zero attached hydrogens (tertiary/aromatic N) is 2. The van der Waals surface area contributed by atoms with E-state index in [1.54, 1.807) is 24.5 Å². The van der Waals surface area contributed by atoms with Gasteiger partial charge in [-0.25, -0.2) is 4.98 Å². The molecule has 0 spiro atoms. The summed E-state index contributed by atoms with van der Waals surface area (Å²) in [5, 5.41) is 3.01. The average Bonchev–Trinajstić information content (AvgIpc) is 3.17. The standard InChI is InChI=1S/C13H12BrClN4O/c14-7-3-10(12(15)17-5-7)18-13(20)11-4-8(16)6-19(11)9-1-2-9/h3-6,9H,1-2,16H2,(H,18,20). The van der Waals surface area contributed by atoms with E-state index < -0.39 is 0 Å². The largest absolute Gasteiger partial charge is 0.397 e. The van der Waals surface area contributed by atoms with Crippen LogP contribution in [0.1, 0.15) is 29.4 Å². The maximum Gasteiger partial charge on any atom is 0.272 e. The zero-order chi connectivity index (χ0) is 14.3. The molecule has 0 aliphatic heterocycles. The fraction of sp³-hybridized carbons (Fsp3) is 0.231. The Bertz CT molecular complexity index is 681. The first kappa shape index (κ1) is 13.5. The van der Waals surface area contributed by atoms with Gasteiger partial charge in [-0.3, -0.25) is 4.79 Å². The van der Waals surface area contributed by atoms with Crippen LogP contribution in [0.3, 0.4) is 0 Å². The molecule has 2 aromatic heterocycles. The fourth-order valence-electron chi connectivity index (χ4n) is 2.03. The molecular formula is C13H12BrClN4O. The van der Waals surface area contributed by atoms with Crippen LogP contribution in [0.5, 0.6) is 0 Å². The van der Waals surface area contributed by atoms with Gasteiger partial charge in [0.1, 0.15) is 5.69 Å².